The normalized spacial score (nSPS) is 12.8. The maximum Gasteiger partial charge on any atom is 0.346 e. The molecule has 0 aliphatic heterocycles. The van der Waals surface area contributed by atoms with Crippen LogP contribution in [0.4, 0.5) is 5.82 Å². The van der Waals surface area contributed by atoms with Gasteiger partial charge in [-0.25, -0.2) is 4.79 Å². The van der Waals surface area contributed by atoms with Crippen LogP contribution < -0.4 is 11.4 Å². The Morgan fingerprint density at radius 2 is 2.50 bits per heavy atom. The summed E-state index contributed by atoms with van der Waals surface area (Å²) in [6, 6.07) is 0. The van der Waals surface area contributed by atoms with Gasteiger partial charge in [0.2, 0.25) is 0 Å². The summed E-state index contributed by atoms with van der Waals surface area (Å²) < 4.78 is 0. The number of aliphatic hydroxyl groups is 1. The molecule has 0 radical (unpaired) electrons. The Balaban J connectivity index is 3.09. The zero-order valence-corrected chi connectivity index (χ0v) is 6.88. The number of nitrogens with two attached hydrogens (primary N) is 1. The molecule has 1 rings (SSSR count). The van der Waals surface area contributed by atoms with Crippen molar-refractivity contribution >= 4 is 17.4 Å². The number of hydrogen-bond donors (Lipinski definition) is 3. The lowest BCUT2D eigenvalue weighted by molar-refractivity contribution is 0.202. The predicted molar refractivity (Wildman–Crippen MR) is 44.9 cm³/mol. The van der Waals surface area contributed by atoms with E-state index in [-0.39, 0.29) is 11.7 Å². The number of halogens is 1. The molecule has 0 aliphatic rings. The van der Waals surface area contributed by atoms with Gasteiger partial charge in [-0.15, -0.1) is 11.6 Å². The van der Waals surface area contributed by atoms with Crippen LogP contribution >= 0.6 is 11.6 Å². The van der Waals surface area contributed by atoms with Crippen molar-refractivity contribution in [3.05, 3.63) is 22.2 Å². The maximum atomic E-state index is 10.6. The van der Waals surface area contributed by atoms with Gasteiger partial charge in [-0.3, -0.25) is 0 Å². The second kappa shape index (κ2) is 3.55. The van der Waals surface area contributed by atoms with Gasteiger partial charge in [0.05, 0.1) is 12.0 Å². The van der Waals surface area contributed by atoms with Gasteiger partial charge in [0, 0.05) is 11.8 Å². The van der Waals surface area contributed by atoms with Crippen LogP contribution in [0.1, 0.15) is 11.7 Å². The van der Waals surface area contributed by atoms with Gasteiger partial charge in [-0.05, 0) is 0 Å². The van der Waals surface area contributed by atoms with E-state index in [1.165, 1.54) is 6.20 Å². The molecule has 0 aliphatic carbocycles. The Morgan fingerprint density at radius 1 is 1.83 bits per heavy atom. The number of nitrogens with one attached hydrogen (secondary N) is 1. The Bertz CT molecular complexity index is 325. The topological polar surface area (TPSA) is 92.0 Å². The molecule has 4 N–H and O–H groups in total. The van der Waals surface area contributed by atoms with Gasteiger partial charge in [0.25, 0.3) is 0 Å². The lowest BCUT2D eigenvalue weighted by Crippen LogP contribution is -2.16. The molecule has 12 heavy (non-hydrogen) atoms. The number of aromatic nitrogens is 2. The fourth-order valence-corrected chi connectivity index (χ4v) is 0.936. The van der Waals surface area contributed by atoms with Gasteiger partial charge in [0.15, 0.2) is 0 Å². The smallest absolute Gasteiger partial charge is 0.346 e. The van der Waals surface area contributed by atoms with Crippen LogP contribution in [-0.4, -0.2) is 21.0 Å². The van der Waals surface area contributed by atoms with Gasteiger partial charge < -0.3 is 15.8 Å². The van der Waals surface area contributed by atoms with Crippen molar-refractivity contribution in [1.82, 2.24) is 9.97 Å². The number of rotatable bonds is 2. The van der Waals surface area contributed by atoms with Crippen molar-refractivity contribution in [2.75, 3.05) is 11.6 Å². The first-order valence-corrected chi connectivity index (χ1v) is 3.77. The largest absolute Gasteiger partial charge is 0.387 e. The molecule has 0 aromatic carbocycles. The Kier molecular flexibility index (Phi) is 2.67. The third-order valence-corrected chi connectivity index (χ3v) is 1.67. The first kappa shape index (κ1) is 9.02. The summed E-state index contributed by atoms with van der Waals surface area (Å²) in [5, 5.41) is 9.23. The number of nitrogen functional groups attached to an aromatic ring is 1. The van der Waals surface area contributed by atoms with Gasteiger partial charge in [0.1, 0.15) is 5.82 Å². The fraction of sp³-hybridized carbons (Fsp3) is 0.333. The minimum absolute atomic E-state index is 0.00639. The van der Waals surface area contributed by atoms with E-state index >= 15 is 0 Å². The van der Waals surface area contributed by atoms with Crippen molar-refractivity contribution in [1.29, 1.82) is 0 Å². The molecule has 0 fully saturated rings. The van der Waals surface area contributed by atoms with Crippen molar-refractivity contribution in [2.24, 2.45) is 0 Å². The molecule has 1 heterocycles. The van der Waals surface area contributed by atoms with E-state index in [0.717, 1.165) is 0 Å². The summed E-state index contributed by atoms with van der Waals surface area (Å²) >= 11 is 5.37. The van der Waals surface area contributed by atoms with Crippen LogP contribution in [0.5, 0.6) is 0 Å². The van der Waals surface area contributed by atoms with E-state index in [2.05, 4.69) is 9.97 Å². The molecule has 0 bridgehead atoms. The zero-order valence-electron chi connectivity index (χ0n) is 6.12. The fourth-order valence-electron chi connectivity index (χ4n) is 0.770. The molecule has 1 atom stereocenters. The molecule has 0 spiro atoms. The SMILES string of the molecule is Nc1nc(=O)[nH]cc1C(O)CCl. The first-order chi connectivity index (χ1) is 5.65. The summed E-state index contributed by atoms with van der Waals surface area (Å²) in [6.07, 6.45) is 0.411. The lowest BCUT2D eigenvalue weighted by Gasteiger charge is -2.07. The van der Waals surface area contributed by atoms with Gasteiger partial charge in [-0.1, -0.05) is 0 Å². The highest BCUT2D eigenvalue weighted by molar-refractivity contribution is 6.18. The molecule has 0 amide bonds. The lowest BCUT2D eigenvalue weighted by atomic mass is 10.2. The second-order valence-electron chi connectivity index (χ2n) is 2.22. The van der Waals surface area contributed by atoms with Crippen LogP contribution in [0.15, 0.2) is 11.0 Å². The molecule has 66 valence electrons. The standard InChI is InChI=1S/C6H8ClN3O2/c7-1-4(11)3-2-9-6(12)10-5(3)8/h2,4,11H,1H2,(H3,8,9,10,12). The molecule has 0 saturated heterocycles. The Morgan fingerprint density at radius 3 is 3.00 bits per heavy atom. The second-order valence-corrected chi connectivity index (χ2v) is 2.52. The summed E-state index contributed by atoms with van der Waals surface area (Å²) in [4.78, 5) is 16.3. The zero-order chi connectivity index (χ0) is 9.14. The van der Waals surface area contributed by atoms with Gasteiger partial charge >= 0.3 is 5.69 Å². The van der Waals surface area contributed by atoms with E-state index < -0.39 is 11.8 Å². The molecular weight excluding hydrogens is 182 g/mol. The quantitative estimate of drug-likeness (QED) is 0.554. The Labute approximate surface area is 73.2 Å². The molecule has 6 heteroatoms. The number of aromatic amines is 1. The van der Waals surface area contributed by atoms with Gasteiger partial charge in [-0.2, -0.15) is 4.98 Å². The first-order valence-electron chi connectivity index (χ1n) is 3.24. The van der Waals surface area contributed by atoms with Crippen LogP contribution in [0.25, 0.3) is 0 Å². The molecule has 1 unspecified atom stereocenters. The van der Waals surface area contributed by atoms with E-state index in [4.69, 9.17) is 17.3 Å². The third kappa shape index (κ3) is 1.75. The van der Waals surface area contributed by atoms with E-state index in [1.54, 1.807) is 0 Å². The van der Waals surface area contributed by atoms with Crippen molar-refractivity contribution < 1.29 is 5.11 Å². The third-order valence-electron chi connectivity index (χ3n) is 1.37. The van der Waals surface area contributed by atoms with Crippen molar-refractivity contribution in [3.63, 3.8) is 0 Å². The summed E-state index contributed by atoms with van der Waals surface area (Å²) in [7, 11) is 0. The predicted octanol–water partition coefficient (Wildman–Crippen LogP) is -0.376. The summed E-state index contributed by atoms with van der Waals surface area (Å²) in [6.45, 7) is 0. The minimum Gasteiger partial charge on any atom is -0.387 e. The summed E-state index contributed by atoms with van der Waals surface area (Å²) in [5.41, 5.74) is 5.14. The average Bonchev–Trinajstić information content (AvgIpc) is 2.03. The van der Waals surface area contributed by atoms with E-state index in [1.807, 2.05) is 0 Å². The number of anilines is 1. The molecular formula is C6H8ClN3O2. The number of aliphatic hydroxyl groups excluding tert-OH is 1. The monoisotopic (exact) mass is 189 g/mol. The van der Waals surface area contributed by atoms with Crippen LogP contribution in [0, 0.1) is 0 Å². The highest BCUT2D eigenvalue weighted by Gasteiger charge is 2.10. The minimum atomic E-state index is -0.893. The number of hydrogen-bond acceptors (Lipinski definition) is 4. The highest BCUT2D eigenvalue weighted by Crippen LogP contribution is 2.16. The van der Waals surface area contributed by atoms with E-state index in [0.29, 0.717) is 5.56 Å². The highest BCUT2D eigenvalue weighted by atomic mass is 35.5. The molecule has 0 saturated carbocycles. The Hall–Kier alpha value is -1.07. The summed E-state index contributed by atoms with van der Waals surface area (Å²) in [5.74, 6) is 0.0182. The molecule has 1 aromatic rings. The number of alkyl halides is 1. The maximum absolute atomic E-state index is 10.6. The van der Waals surface area contributed by atoms with Crippen LogP contribution in [-0.2, 0) is 0 Å². The number of nitrogens with zero attached hydrogens (tertiary/aromatic N) is 1. The van der Waals surface area contributed by atoms with E-state index in [9.17, 15) is 9.90 Å². The number of H-pyrrole nitrogens is 1. The molecule has 5 nitrogen and oxygen atoms in total. The average molecular weight is 190 g/mol. The van der Waals surface area contributed by atoms with Crippen molar-refractivity contribution in [3.8, 4) is 0 Å². The molecule has 1 aromatic heterocycles. The van der Waals surface area contributed by atoms with Crippen LogP contribution in [0.3, 0.4) is 0 Å². The van der Waals surface area contributed by atoms with Crippen molar-refractivity contribution in [2.45, 2.75) is 6.10 Å². The van der Waals surface area contributed by atoms with Crippen LogP contribution in [0.2, 0.25) is 0 Å².